The van der Waals surface area contributed by atoms with Crippen LogP contribution >= 0.6 is 0 Å². The summed E-state index contributed by atoms with van der Waals surface area (Å²) in [4.78, 5) is 25.8. The normalized spacial score (nSPS) is 11.7. The van der Waals surface area contributed by atoms with E-state index in [0.717, 1.165) is 35.0 Å². The van der Waals surface area contributed by atoms with Gasteiger partial charge in [0.15, 0.2) is 0 Å². The zero-order valence-corrected chi connectivity index (χ0v) is 15.0. The number of hydrogen-bond acceptors (Lipinski definition) is 3. The van der Waals surface area contributed by atoms with E-state index < -0.39 is 0 Å². The second kappa shape index (κ2) is 5.62. The van der Waals surface area contributed by atoms with E-state index in [-0.39, 0.29) is 5.56 Å². The summed E-state index contributed by atoms with van der Waals surface area (Å²) in [6.45, 7) is 9.94. The van der Waals surface area contributed by atoms with Gasteiger partial charge in [-0.1, -0.05) is 12.1 Å². The second-order valence-corrected chi connectivity index (χ2v) is 6.55. The van der Waals surface area contributed by atoms with Gasteiger partial charge in [0, 0.05) is 34.9 Å². The van der Waals surface area contributed by atoms with E-state index in [1.165, 1.54) is 16.5 Å². The molecule has 5 heteroatoms. The number of nitrogens with zero attached hydrogens (tertiary/aromatic N) is 2. The summed E-state index contributed by atoms with van der Waals surface area (Å²) in [5.74, 6) is 0.634. The van der Waals surface area contributed by atoms with Gasteiger partial charge in [0.25, 0.3) is 5.56 Å². The first-order chi connectivity index (χ1) is 12.0. The summed E-state index contributed by atoms with van der Waals surface area (Å²) in [5.41, 5.74) is 5.17. The van der Waals surface area contributed by atoms with E-state index in [1.54, 1.807) is 0 Å². The molecule has 2 aromatic heterocycles. The van der Waals surface area contributed by atoms with Crippen molar-refractivity contribution in [3.63, 3.8) is 0 Å². The molecule has 5 nitrogen and oxygen atoms in total. The van der Waals surface area contributed by atoms with Crippen LogP contribution in [-0.2, 0) is 0 Å². The largest absolute Gasteiger partial charge is 0.354 e. The van der Waals surface area contributed by atoms with Gasteiger partial charge in [0.1, 0.15) is 0 Å². The predicted molar refractivity (Wildman–Crippen MR) is 105 cm³/mol. The molecule has 2 aromatic carbocycles. The van der Waals surface area contributed by atoms with Gasteiger partial charge >= 0.3 is 0 Å². The van der Waals surface area contributed by atoms with Crippen molar-refractivity contribution in [3.05, 3.63) is 45.7 Å². The lowest BCUT2D eigenvalue weighted by Gasteiger charge is -2.19. The van der Waals surface area contributed by atoms with Crippen LogP contribution in [-0.4, -0.2) is 28.0 Å². The molecule has 0 amide bonds. The molecule has 0 aliphatic heterocycles. The Bertz CT molecular complexity index is 1170. The van der Waals surface area contributed by atoms with Crippen LogP contribution in [0.4, 0.5) is 5.95 Å². The molecular weight excluding hydrogens is 312 g/mol. The minimum atomic E-state index is -0.0964. The van der Waals surface area contributed by atoms with Crippen LogP contribution in [0.5, 0.6) is 0 Å². The van der Waals surface area contributed by atoms with Crippen LogP contribution in [0.1, 0.15) is 25.0 Å². The topological polar surface area (TPSA) is 64.8 Å². The molecule has 4 aromatic rings. The summed E-state index contributed by atoms with van der Waals surface area (Å²) in [5, 5.41) is 2.95. The van der Waals surface area contributed by atoms with Gasteiger partial charge in [-0.2, -0.15) is 0 Å². The molecule has 2 N–H and O–H groups in total. The zero-order valence-electron chi connectivity index (χ0n) is 15.0. The molecule has 0 atom stereocenters. The highest BCUT2D eigenvalue weighted by atomic mass is 16.1. The Morgan fingerprint density at radius 1 is 1.00 bits per heavy atom. The lowest BCUT2D eigenvalue weighted by atomic mass is 10.0. The SMILES string of the molecule is CCN(CC)c1nc2cc3c(cc2c(=O)[nH]1)[nH]c1c(C)ccc(C)c13. The Labute approximate surface area is 145 Å². The van der Waals surface area contributed by atoms with Crippen molar-refractivity contribution in [2.75, 3.05) is 18.0 Å². The average molecular weight is 334 g/mol. The highest BCUT2D eigenvalue weighted by Crippen LogP contribution is 2.32. The predicted octanol–water partition coefficient (Wildman–Crippen LogP) is 4.02. The molecule has 0 saturated heterocycles. The van der Waals surface area contributed by atoms with Crippen molar-refractivity contribution < 1.29 is 0 Å². The van der Waals surface area contributed by atoms with Gasteiger partial charge in [-0.15, -0.1) is 0 Å². The van der Waals surface area contributed by atoms with Crippen molar-refractivity contribution >= 4 is 38.7 Å². The number of rotatable bonds is 3. The summed E-state index contributed by atoms with van der Waals surface area (Å²) in [6, 6.07) is 8.22. The van der Waals surface area contributed by atoms with Crippen molar-refractivity contribution in [2.24, 2.45) is 0 Å². The molecule has 0 spiro atoms. The molecule has 0 fully saturated rings. The number of benzene rings is 2. The number of hydrogen-bond donors (Lipinski definition) is 2. The van der Waals surface area contributed by atoms with Crippen molar-refractivity contribution in [1.29, 1.82) is 0 Å². The Balaban J connectivity index is 2.10. The number of anilines is 1. The third-order valence-electron chi connectivity index (χ3n) is 5.05. The van der Waals surface area contributed by atoms with Crippen LogP contribution in [0.3, 0.4) is 0 Å². The monoisotopic (exact) mass is 334 g/mol. The van der Waals surface area contributed by atoms with Crippen molar-refractivity contribution in [3.8, 4) is 0 Å². The van der Waals surface area contributed by atoms with Crippen LogP contribution in [0.2, 0.25) is 0 Å². The van der Waals surface area contributed by atoms with Crippen LogP contribution in [0.15, 0.2) is 29.1 Å². The summed E-state index contributed by atoms with van der Waals surface area (Å²) >= 11 is 0. The van der Waals surface area contributed by atoms with Gasteiger partial charge in [-0.05, 0) is 51.0 Å². The Kier molecular flexibility index (Phi) is 3.53. The molecule has 25 heavy (non-hydrogen) atoms. The van der Waals surface area contributed by atoms with E-state index in [1.807, 2.05) is 12.1 Å². The molecule has 4 rings (SSSR count). The Morgan fingerprint density at radius 3 is 2.44 bits per heavy atom. The van der Waals surface area contributed by atoms with Crippen LogP contribution in [0, 0.1) is 13.8 Å². The smallest absolute Gasteiger partial charge is 0.260 e. The van der Waals surface area contributed by atoms with Gasteiger partial charge in [0.2, 0.25) is 5.95 Å². The van der Waals surface area contributed by atoms with Gasteiger partial charge in [-0.25, -0.2) is 4.98 Å². The van der Waals surface area contributed by atoms with Gasteiger partial charge in [-0.3, -0.25) is 9.78 Å². The first kappa shape index (κ1) is 15.7. The number of H-pyrrole nitrogens is 2. The standard InChI is InChI=1S/C20H22N4O/c1-5-24(6-2)20-22-16-9-13-15(10-14(16)19(25)23-20)21-18-12(4)8-7-11(3)17(13)18/h7-10,21H,5-6H2,1-4H3,(H,22,23,25). The molecule has 0 saturated carbocycles. The van der Waals surface area contributed by atoms with E-state index in [4.69, 9.17) is 4.98 Å². The highest BCUT2D eigenvalue weighted by molar-refractivity contribution is 6.13. The number of nitrogens with one attached hydrogen (secondary N) is 2. The molecular formula is C20H22N4O. The summed E-state index contributed by atoms with van der Waals surface area (Å²) in [6.07, 6.45) is 0. The molecule has 0 bridgehead atoms. The molecule has 0 aliphatic carbocycles. The summed E-state index contributed by atoms with van der Waals surface area (Å²) < 4.78 is 0. The van der Waals surface area contributed by atoms with Crippen LogP contribution in [0.25, 0.3) is 32.7 Å². The minimum Gasteiger partial charge on any atom is -0.354 e. The molecule has 2 heterocycles. The Morgan fingerprint density at radius 2 is 1.72 bits per heavy atom. The maximum absolute atomic E-state index is 12.6. The molecule has 128 valence electrons. The average Bonchev–Trinajstić information content (AvgIpc) is 2.98. The van der Waals surface area contributed by atoms with Crippen LogP contribution < -0.4 is 10.5 Å². The lowest BCUT2D eigenvalue weighted by molar-refractivity contribution is 0.822. The van der Waals surface area contributed by atoms with Gasteiger partial charge in [0.05, 0.1) is 10.9 Å². The number of aryl methyl sites for hydroxylation is 2. The third-order valence-corrected chi connectivity index (χ3v) is 5.05. The molecule has 0 radical (unpaired) electrons. The quantitative estimate of drug-likeness (QED) is 0.595. The zero-order chi connectivity index (χ0) is 17.7. The number of aromatic nitrogens is 3. The van der Waals surface area contributed by atoms with E-state index in [0.29, 0.717) is 11.3 Å². The van der Waals surface area contributed by atoms with E-state index in [9.17, 15) is 4.79 Å². The number of aromatic amines is 2. The maximum atomic E-state index is 12.6. The second-order valence-electron chi connectivity index (χ2n) is 6.55. The first-order valence-electron chi connectivity index (χ1n) is 8.74. The lowest BCUT2D eigenvalue weighted by Crippen LogP contribution is -2.26. The van der Waals surface area contributed by atoms with Gasteiger partial charge < -0.3 is 9.88 Å². The maximum Gasteiger partial charge on any atom is 0.260 e. The molecule has 0 aliphatic rings. The first-order valence-corrected chi connectivity index (χ1v) is 8.74. The highest BCUT2D eigenvalue weighted by Gasteiger charge is 2.14. The summed E-state index contributed by atoms with van der Waals surface area (Å²) in [7, 11) is 0. The Hall–Kier alpha value is -2.82. The van der Waals surface area contributed by atoms with Crippen molar-refractivity contribution in [1.82, 2.24) is 15.0 Å². The van der Waals surface area contributed by atoms with Crippen molar-refractivity contribution in [2.45, 2.75) is 27.7 Å². The molecule has 0 unspecified atom stereocenters. The van der Waals surface area contributed by atoms with E-state index >= 15 is 0 Å². The fourth-order valence-electron chi connectivity index (χ4n) is 3.61. The minimum absolute atomic E-state index is 0.0964. The third kappa shape index (κ3) is 2.30. The fourth-order valence-corrected chi connectivity index (χ4v) is 3.61. The fraction of sp³-hybridized carbons (Fsp3) is 0.300. The number of fused-ring (bicyclic) bond motifs is 4. The van der Waals surface area contributed by atoms with E-state index in [2.05, 4.69) is 54.7 Å².